The zero-order valence-electron chi connectivity index (χ0n) is 10.7. The second-order valence-corrected chi connectivity index (χ2v) is 5.58. The zero-order valence-corrected chi connectivity index (χ0v) is 11.5. The predicted molar refractivity (Wildman–Crippen MR) is 74.5 cm³/mol. The highest BCUT2D eigenvalue weighted by Crippen LogP contribution is 2.32. The van der Waals surface area contributed by atoms with Crippen molar-refractivity contribution in [3.05, 3.63) is 41.3 Å². The summed E-state index contributed by atoms with van der Waals surface area (Å²) in [5, 5.41) is 11.4. The van der Waals surface area contributed by atoms with Crippen LogP contribution in [0.15, 0.2) is 24.3 Å². The Balaban J connectivity index is 2.09. The van der Waals surface area contributed by atoms with Gasteiger partial charge in [-0.05, 0) is 34.7 Å². The van der Waals surface area contributed by atoms with Crippen LogP contribution < -0.4 is 0 Å². The standard InChI is InChI=1S/C13H8FN5OS/c14-8-3-1-7(2-4-8)12-11-9(5-21-6-10(11)20)15-13-16-17-18-19(12)13/h1-4H,5-6H2. The van der Waals surface area contributed by atoms with Crippen LogP contribution in [0.25, 0.3) is 17.0 Å². The van der Waals surface area contributed by atoms with E-state index in [1.807, 2.05) is 0 Å². The molecule has 0 saturated carbocycles. The summed E-state index contributed by atoms with van der Waals surface area (Å²) in [6.07, 6.45) is 0. The minimum atomic E-state index is -0.337. The summed E-state index contributed by atoms with van der Waals surface area (Å²) in [6, 6.07) is 5.92. The van der Waals surface area contributed by atoms with E-state index in [0.29, 0.717) is 39.8 Å². The molecule has 104 valence electrons. The number of carbonyl (C=O) groups is 1. The highest BCUT2D eigenvalue weighted by atomic mass is 32.2. The number of Topliss-reactive ketones (excluding diaryl/α,β-unsaturated/α-hetero) is 1. The number of thioether (sulfide) groups is 1. The molecule has 0 saturated heterocycles. The summed E-state index contributed by atoms with van der Waals surface area (Å²) >= 11 is 1.51. The topological polar surface area (TPSA) is 73.0 Å². The third-order valence-electron chi connectivity index (χ3n) is 3.29. The van der Waals surface area contributed by atoms with E-state index in [-0.39, 0.29) is 11.6 Å². The molecule has 3 aromatic rings. The summed E-state index contributed by atoms with van der Waals surface area (Å²) in [5.41, 5.74) is 2.47. The molecule has 0 bridgehead atoms. The Labute approximate surface area is 122 Å². The number of nitrogens with zero attached hydrogens (tertiary/aromatic N) is 5. The quantitative estimate of drug-likeness (QED) is 0.682. The summed E-state index contributed by atoms with van der Waals surface area (Å²) in [6.45, 7) is 0. The van der Waals surface area contributed by atoms with Crippen molar-refractivity contribution in [2.24, 2.45) is 0 Å². The van der Waals surface area contributed by atoms with Gasteiger partial charge in [0.25, 0.3) is 5.78 Å². The number of halogens is 1. The van der Waals surface area contributed by atoms with Gasteiger partial charge >= 0.3 is 0 Å². The maximum Gasteiger partial charge on any atom is 0.274 e. The van der Waals surface area contributed by atoms with Gasteiger partial charge in [0.15, 0.2) is 5.78 Å². The number of tetrazole rings is 1. The average molecular weight is 301 g/mol. The van der Waals surface area contributed by atoms with Gasteiger partial charge in [0, 0.05) is 11.3 Å². The van der Waals surface area contributed by atoms with Gasteiger partial charge < -0.3 is 0 Å². The fourth-order valence-corrected chi connectivity index (χ4v) is 3.23. The number of hydrogen-bond acceptors (Lipinski definition) is 6. The molecule has 0 spiro atoms. The molecule has 4 rings (SSSR count). The minimum Gasteiger partial charge on any atom is -0.293 e. The molecule has 0 atom stereocenters. The normalized spacial score (nSPS) is 14.4. The van der Waals surface area contributed by atoms with Gasteiger partial charge in [0.2, 0.25) is 0 Å². The first-order valence-electron chi connectivity index (χ1n) is 6.22. The SMILES string of the molecule is O=C1CSCc2nc3nnnn3c(-c3ccc(F)cc3)c21. The molecule has 6 nitrogen and oxygen atoms in total. The lowest BCUT2D eigenvalue weighted by Gasteiger charge is -2.17. The maximum absolute atomic E-state index is 13.1. The van der Waals surface area contributed by atoms with Crippen LogP contribution in [0.5, 0.6) is 0 Å². The highest BCUT2D eigenvalue weighted by Gasteiger charge is 2.27. The van der Waals surface area contributed by atoms with Crippen molar-refractivity contribution in [2.45, 2.75) is 5.75 Å². The minimum absolute atomic E-state index is 0.00882. The van der Waals surface area contributed by atoms with E-state index in [4.69, 9.17) is 0 Å². The van der Waals surface area contributed by atoms with Crippen molar-refractivity contribution >= 4 is 23.3 Å². The lowest BCUT2D eigenvalue weighted by atomic mass is 10.0. The van der Waals surface area contributed by atoms with Gasteiger partial charge in [0.1, 0.15) is 5.82 Å². The Hall–Kier alpha value is -2.35. The summed E-state index contributed by atoms with van der Waals surface area (Å²) in [4.78, 5) is 16.6. The molecule has 1 aliphatic rings. The monoisotopic (exact) mass is 301 g/mol. The van der Waals surface area contributed by atoms with Crippen molar-refractivity contribution in [1.82, 2.24) is 25.0 Å². The van der Waals surface area contributed by atoms with Gasteiger partial charge in [-0.3, -0.25) is 4.79 Å². The first-order chi connectivity index (χ1) is 10.2. The first kappa shape index (κ1) is 12.4. The zero-order chi connectivity index (χ0) is 14.4. The van der Waals surface area contributed by atoms with Crippen LogP contribution in [0.4, 0.5) is 4.39 Å². The van der Waals surface area contributed by atoms with Crippen LogP contribution in [0.1, 0.15) is 16.1 Å². The molecule has 1 aromatic carbocycles. The molecule has 0 fully saturated rings. The summed E-state index contributed by atoms with van der Waals surface area (Å²) < 4.78 is 14.6. The average Bonchev–Trinajstić information content (AvgIpc) is 2.94. The van der Waals surface area contributed by atoms with Gasteiger partial charge in [-0.25, -0.2) is 9.37 Å². The molecule has 0 radical (unpaired) electrons. The fourth-order valence-electron chi connectivity index (χ4n) is 2.40. The summed E-state index contributed by atoms with van der Waals surface area (Å²) in [5.74, 6) is 1.03. The molecule has 0 unspecified atom stereocenters. The number of hydrogen-bond donors (Lipinski definition) is 0. The van der Waals surface area contributed by atoms with Gasteiger partial charge in [0.05, 0.1) is 22.7 Å². The molecule has 0 N–H and O–H groups in total. The molecule has 3 heterocycles. The lowest BCUT2D eigenvalue weighted by molar-refractivity contribution is 0.102. The van der Waals surface area contributed by atoms with Crippen LogP contribution in [0.3, 0.4) is 0 Å². The Bertz CT molecular complexity index is 861. The van der Waals surface area contributed by atoms with E-state index in [0.717, 1.165) is 0 Å². The molecular formula is C13H8FN5OS. The smallest absolute Gasteiger partial charge is 0.274 e. The van der Waals surface area contributed by atoms with Crippen molar-refractivity contribution in [3.63, 3.8) is 0 Å². The van der Waals surface area contributed by atoms with E-state index in [2.05, 4.69) is 20.5 Å². The number of fused-ring (bicyclic) bond motifs is 2. The molecule has 1 aliphatic heterocycles. The third kappa shape index (κ3) is 1.90. The Morgan fingerprint density at radius 1 is 1.19 bits per heavy atom. The van der Waals surface area contributed by atoms with Crippen molar-refractivity contribution < 1.29 is 9.18 Å². The highest BCUT2D eigenvalue weighted by molar-refractivity contribution is 7.99. The second kappa shape index (κ2) is 4.59. The second-order valence-electron chi connectivity index (χ2n) is 4.60. The van der Waals surface area contributed by atoms with Crippen LogP contribution in [0, 0.1) is 5.82 Å². The Morgan fingerprint density at radius 3 is 2.81 bits per heavy atom. The van der Waals surface area contributed by atoms with Gasteiger partial charge in [-0.2, -0.15) is 4.52 Å². The molecule has 21 heavy (non-hydrogen) atoms. The Kier molecular flexibility index (Phi) is 2.71. The van der Waals surface area contributed by atoms with Gasteiger partial charge in [-0.15, -0.1) is 11.8 Å². The number of ketones is 1. The van der Waals surface area contributed by atoms with Crippen molar-refractivity contribution in [2.75, 3.05) is 5.75 Å². The van der Waals surface area contributed by atoms with Crippen LogP contribution in [-0.2, 0) is 5.75 Å². The predicted octanol–water partition coefficient (Wildman–Crippen LogP) is 1.75. The number of aromatic nitrogens is 5. The number of benzene rings is 1. The van der Waals surface area contributed by atoms with Crippen LogP contribution in [-0.4, -0.2) is 36.6 Å². The van der Waals surface area contributed by atoms with Crippen molar-refractivity contribution in [1.29, 1.82) is 0 Å². The van der Waals surface area contributed by atoms with E-state index >= 15 is 0 Å². The summed E-state index contributed by atoms with van der Waals surface area (Å²) in [7, 11) is 0. The molecule has 0 aliphatic carbocycles. The molecule has 0 amide bonds. The largest absolute Gasteiger partial charge is 0.293 e. The Morgan fingerprint density at radius 2 is 2.00 bits per heavy atom. The maximum atomic E-state index is 13.1. The first-order valence-corrected chi connectivity index (χ1v) is 7.37. The van der Waals surface area contributed by atoms with E-state index in [1.54, 1.807) is 12.1 Å². The number of carbonyl (C=O) groups excluding carboxylic acids is 1. The van der Waals surface area contributed by atoms with Crippen molar-refractivity contribution in [3.8, 4) is 11.3 Å². The van der Waals surface area contributed by atoms with Gasteiger partial charge in [-0.1, -0.05) is 5.10 Å². The molecular weight excluding hydrogens is 293 g/mol. The lowest BCUT2D eigenvalue weighted by Crippen LogP contribution is -2.18. The third-order valence-corrected chi connectivity index (χ3v) is 4.24. The van der Waals surface area contributed by atoms with Crippen LogP contribution in [0.2, 0.25) is 0 Å². The molecule has 8 heteroatoms. The molecule has 2 aromatic heterocycles. The van der Waals surface area contributed by atoms with E-state index in [9.17, 15) is 9.18 Å². The van der Waals surface area contributed by atoms with E-state index < -0.39 is 0 Å². The van der Waals surface area contributed by atoms with E-state index in [1.165, 1.54) is 28.4 Å². The fraction of sp³-hybridized carbons (Fsp3) is 0.154. The number of rotatable bonds is 1. The van der Waals surface area contributed by atoms with Crippen LogP contribution >= 0.6 is 11.8 Å².